The van der Waals surface area contributed by atoms with Crippen LogP contribution in [0.4, 0.5) is 11.4 Å². The van der Waals surface area contributed by atoms with Crippen LogP contribution in [-0.4, -0.2) is 34.7 Å². The van der Waals surface area contributed by atoms with Crippen LogP contribution in [0.5, 0.6) is 5.75 Å². The monoisotopic (exact) mass is 387 g/mol. The van der Waals surface area contributed by atoms with Crippen LogP contribution in [0.15, 0.2) is 24.3 Å². The maximum Gasteiger partial charge on any atom is 0.262 e. The molecule has 1 aromatic carbocycles. The van der Waals surface area contributed by atoms with Gasteiger partial charge in [0.25, 0.3) is 5.91 Å². The van der Waals surface area contributed by atoms with Crippen LogP contribution < -0.4 is 21.1 Å². The van der Waals surface area contributed by atoms with Gasteiger partial charge in [-0.15, -0.1) is 11.3 Å². The number of carbonyl (C=O) groups is 2. The van der Waals surface area contributed by atoms with Gasteiger partial charge in [0, 0.05) is 18.5 Å². The predicted molar refractivity (Wildman–Crippen MR) is 106 cm³/mol. The zero-order valence-electron chi connectivity index (χ0n) is 15.5. The third-order valence-corrected chi connectivity index (χ3v) is 5.38. The molecule has 8 nitrogen and oxygen atoms in total. The molecule has 3 rings (SSSR count). The van der Waals surface area contributed by atoms with E-state index in [1.165, 1.54) is 18.4 Å². The molecule has 27 heavy (non-hydrogen) atoms. The molecule has 142 valence electrons. The lowest BCUT2D eigenvalue weighted by molar-refractivity contribution is -0.117. The second-order valence-electron chi connectivity index (χ2n) is 6.18. The van der Waals surface area contributed by atoms with Crippen molar-refractivity contribution in [3.8, 4) is 5.75 Å². The maximum atomic E-state index is 12.5. The average molecular weight is 387 g/mol. The number of aromatic nitrogens is 2. The Balaban J connectivity index is 1.70. The normalized spacial score (nSPS) is 12.0. The van der Waals surface area contributed by atoms with Gasteiger partial charge in [-0.05, 0) is 32.0 Å². The topological polar surface area (TPSA) is 111 Å². The standard InChI is InChI=1S/C18H21N5O3S/c1-9-12-8-15(27-18(12)23(3)22-9)17(25)20-10(2)16(24)21-14-7-11(26-4)5-6-13(14)19/h5-8,10H,19H2,1-4H3,(H,20,25)(H,21,24). The van der Waals surface area contributed by atoms with Crippen molar-refractivity contribution in [1.82, 2.24) is 15.1 Å². The predicted octanol–water partition coefficient (Wildman–Crippen LogP) is 2.29. The van der Waals surface area contributed by atoms with Gasteiger partial charge in [0.2, 0.25) is 5.91 Å². The number of thiophene rings is 1. The van der Waals surface area contributed by atoms with Gasteiger partial charge in [-0.3, -0.25) is 14.3 Å². The van der Waals surface area contributed by atoms with E-state index >= 15 is 0 Å². The second-order valence-corrected chi connectivity index (χ2v) is 7.21. The van der Waals surface area contributed by atoms with Crippen LogP contribution in [0.2, 0.25) is 0 Å². The highest BCUT2D eigenvalue weighted by atomic mass is 32.1. The lowest BCUT2D eigenvalue weighted by Crippen LogP contribution is -2.41. The largest absolute Gasteiger partial charge is 0.497 e. The molecule has 9 heteroatoms. The summed E-state index contributed by atoms with van der Waals surface area (Å²) in [5, 5.41) is 10.7. The number of amides is 2. The minimum Gasteiger partial charge on any atom is -0.497 e. The lowest BCUT2D eigenvalue weighted by Gasteiger charge is -2.15. The number of rotatable bonds is 5. The number of nitrogens with two attached hydrogens (primary N) is 1. The van der Waals surface area contributed by atoms with Crippen molar-refractivity contribution in [2.75, 3.05) is 18.2 Å². The average Bonchev–Trinajstić information content (AvgIpc) is 3.18. The smallest absolute Gasteiger partial charge is 0.262 e. The molecule has 0 saturated heterocycles. The highest BCUT2D eigenvalue weighted by molar-refractivity contribution is 7.20. The third-order valence-electron chi connectivity index (χ3n) is 4.18. The summed E-state index contributed by atoms with van der Waals surface area (Å²) in [6.45, 7) is 3.51. The first-order chi connectivity index (χ1) is 12.8. The minimum atomic E-state index is -0.743. The van der Waals surface area contributed by atoms with Crippen molar-refractivity contribution in [3.05, 3.63) is 34.8 Å². The van der Waals surface area contributed by atoms with Gasteiger partial charge in [-0.1, -0.05) is 0 Å². The number of nitrogen functional groups attached to an aromatic ring is 1. The van der Waals surface area contributed by atoms with E-state index in [0.717, 1.165) is 15.9 Å². The van der Waals surface area contributed by atoms with Crippen molar-refractivity contribution in [2.45, 2.75) is 19.9 Å². The number of anilines is 2. The van der Waals surface area contributed by atoms with E-state index < -0.39 is 6.04 Å². The van der Waals surface area contributed by atoms with E-state index in [4.69, 9.17) is 10.5 Å². The Kier molecular flexibility index (Phi) is 5.04. The SMILES string of the molecule is COc1ccc(N)c(NC(=O)C(C)NC(=O)c2cc3c(C)nn(C)c3s2)c1. The number of methoxy groups -OCH3 is 1. The van der Waals surface area contributed by atoms with E-state index in [1.807, 2.05) is 14.0 Å². The van der Waals surface area contributed by atoms with E-state index in [1.54, 1.807) is 35.9 Å². The molecule has 0 aliphatic rings. The molecule has 0 radical (unpaired) electrons. The van der Waals surface area contributed by atoms with Crippen molar-refractivity contribution < 1.29 is 14.3 Å². The third kappa shape index (κ3) is 3.72. The quantitative estimate of drug-likeness (QED) is 0.582. The first-order valence-corrected chi connectivity index (χ1v) is 9.10. The van der Waals surface area contributed by atoms with Crippen molar-refractivity contribution in [3.63, 3.8) is 0 Å². The molecule has 0 bridgehead atoms. The summed E-state index contributed by atoms with van der Waals surface area (Å²) in [7, 11) is 3.37. The van der Waals surface area contributed by atoms with Gasteiger partial charge in [0.15, 0.2) is 0 Å². The minimum absolute atomic E-state index is 0.308. The van der Waals surface area contributed by atoms with E-state index in [9.17, 15) is 9.59 Å². The fraction of sp³-hybridized carbons (Fsp3) is 0.278. The Morgan fingerprint density at radius 1 is 1.33 bits per heavy atom. The number of hydrogen-bond donors (Lipinski definition) is 3. The van der Waals surface area contributed by atoms with Crippen molar-refractivity contribution in [1.29, 1.82) is 0 Å². The summed E-state index contributed by atoms with van der Waals surface area (Å²) in [5.41, 5.74) is 7.59. The Morgan fingerprint density at radius 3 is 2.74 bits per heavy atom. The molecule has 1 atom stereocenters. The fourth-order valence-electron chi connectivity index (χ4n) is 2.66. The van der Waals surface area contributed by atoms with Crippen LogP contribution in [0.25, 0.3) is 10.2 Å². The van der Waals surface area contributed by atoms with Crippen molar-refractivity contribution >= 4 is 44.7 Å². The number of fused-ring (bicyclic) bond motifs is 1. The molecule has 0 aliphatic carbocycles. The second kappa shape index (κ2) is 7.28. The summed E-state index contributed by atoms with van der Waals surface area (Å²) in [5.74, 6) is -0.107. The van der Waals surface area contributed by atoms with Crippen LogP contribution in [-0.2, 0) is 11.8 Å². The van der Waals surface area contributed by atoms with Crippen LogP contribution in [0, 0.1) is 6.92 Å². The molecule has 2 aromatic heterocycles. The summed E-state index contributed by atoms with van der Waals surface area (Å²) in [6.07, 6.45) is 0. The summed E-state index contributed by atoms with van der Waals surface area (Å²) in [4.78, 5) is 26.4. The zero-order valence-corrected chi connectivity index (χ0v) is 16.3. The van der Waals surface area contributed by atoms with Gasteiger partial charge in [-0.2, -0.15) is 5.10 Å². The number of aryl methyl sites for hydroxylation is 2. The van der Waals surface area contributed by atoms with E-state index in [0.29, 0.717) is 22.0 Å². The molecule has 0 spiro atoms. The Morgan fingerprint density at radius 2 is 2.07 bits per heavy atom. The zero-order chi connectivity index (χ0) is 19.7. The number of benzene rings is 1. The summed E-state index contributed by atoms with van der Waals surface area (Å²) in [6, 6.07) is 6.03. The number of hydrogen-bond acceptors (Lipinski definition) is 6. The first kappa shape index (κ1) is 18.7. The van der Waals surface area contributed by atoms with Gasteiger partial charge < -0.3 is 21.1 Å². The lowest BCUT2D eigenvalue weighted by atomic mass is 10.2. The highest BCUT2D eigenvalue weighted by Gasteiger charge is 2.20. The van der Waals surface area contributed by atoms with E-state index in [-0.39, 0.29) is 11.8 Å². The van der Waals surface area contributed by atoms with Crippen LogP contribution >= 0.6 is 11.3 Å². The molecule has 2 heterocycles. The van der Waals surface area contributed by atoms with Gasteiger partial charge in [-0.25, -0.2) is 0 Å². The number of nitrogens with one attached hydrogen (secondary N) is 2. The highest BCUT2D eigenvalue weighted by Crippen LogP contribution is 2.28. The molecule has 2 amide bonds. The van der Waals surface area contributed by atoms with Gasteiger partial charge >= 0.3 is 0 Å². The maximum absolute atomic E-state index is 12.5. The molecule has 0 saturated carbocycles. The molecule has 0 aliphatic heterocycles. The molecule has 4 N–H and O–H groups in total. The van der Waals surface area contributed by atoms with Gasteiger partial charge in [0.05, 0.1) is 29.1 Å². The summed E-state index contributed by atoms with van der Waals surface area (Å²) >= 11 is 1.34. The Bertz CT molecular complexity index is 989. The van der Waals surface area contributed by atoms with Crippen LogP contribution in [0.3, 0.4) is 0 Å². The Hall–Kier alpha value is -3.07. The summed E-state index contributed by atoms with van der Waals surface area (Å²) < 4.78 is 6.88. The molecule has 3 aromatic rings. The first-order valence-electron chi connectivity index (χ1n) is 8.28. The number of nitrogens with zero attached hydrogens (tertiary/aromatic N) is 2. The van der Waals surface area contributed by atoms with Crippen LogP contribution in [0.1, 0.15) is 22.3 Å². The van der Waals surface area contributed by atoms with E-state index in [2.05, 4.69) is 15.7 Å². The number of carbonyl (C=O) groups excluding carboxylic acids is 2. The Labute approximate surface area is 160 Å². The molecular weight excluding hydrogens is 366 g/mol. The molecule has 1 unspecified atom stereocenters. The van der Waals surface area contributed by atoms with Crippen molar-refractivity contribution in [2.24, 2.45) is 7.05 Å². The molecule has 0 fully saturated rings. The number of ether oxygens (including phenoxy) is 1. The fourth-order valence-corrected chi connectivity index (χ4v) is 3.69. The van der Waals surface area contributed by atoms with Gasteiger partial charge in [0.1, 0.15) is 16.6 Å². The molecular formula is C18H21N5O3S.